The van der Waals surface area contributed by atoms with Gasteiger partial charge in [0.2, 0.25) is 0 Å². The molecule has 0 radical (unpaired) electrons. The highest BCUT2D eigenvalue weighted by Gasteiger charge is 2.19. The third kappa shape index (κ3) is 3.90. The van der Waals surface area contributed by atoms with Gasteiger partial charge in [-0.3, -0.25) is 4.79 Å². The van der Waals surface area contributed by atoms with Gasteiger partial charge in [0.05, 0.1) is 24.7 Å². The second-order valence-corrected chi connectivity index (χ2v) is 4.01. The zero-order valence-corrected chi connectivity index (χ0v) is 11.0. The summed E-state index contributed by atoms with van der Waals surface area (Å²) in [6.07, 6.45) is -3.01. The molecule has 0 amide bonds. The maximum absolute atomic E-state index is 12.9. The summed E-state index contributed by atoms with van der Waals surface area (Å²) in [7, 11) is 0. The van der Waals surface area contributed by atoms with Crippen LogP contribution in [0.25, 0.3) is 0 Å². The molecule has 6 heteroatoms. The summed E-state index contributed by atoms with van der Waals surface area (Å²) in [4.78, 5) is 11.4. The molecule has 19 heavy (non-hydrogen) atoms. The Balaban J connectivity index is 3.24. The highest BCUT2D eigenvalue weighted by atomic mass is 35.5. The van der Waals surface area contributed by atoms with Gasteiger partial charge in [0.1, 0.15) is 0 Å². The second kappa shape index (κ2) is 7.05. The topological polar surface area (TPSA) is 50.1 Å². The molecule has 0 aliphatic carbocycles. The number of alkyl halides is 3. The molecule has 0 saturated carbocycles. The van der Waals surface area contributed by atoms with Crippen molar-refractivity contribution in [1.82, 2.24) is 0 Å². The lowest BCUT2D eigenvalue weighted by Gasteiger charge is -2.11. The molecule has 0 unspecified atom stereocenters. The summed E-state index contributed by atoms with van der Waals surface area (Å²) in [5.41, 5.74) is 0.0709. The molecule has 0 N–H and O–H groups in total. The van der Waals surface area contributed by atoms with Gasteiger partial charge in [-0.05, 0) is 24.1 Å². The Bertz CT molecular complexity index is 512. The van der Waals surface area contributed by atoms with Crippen LogP contribution < -0.4 is 0 Å². The van der Waals surface area contributed by atoms with Crippen LogP contribution in [0.15, 0.2) is 12.1 Å². The minimum Gasteiger partial charge on any atom is -0.466 e. The number of halogens is 3. The first-order valence-electron chi connectivity index (χ1n) is 5.59. The first-order chi connectivity index (χ1) is 9.03. The molecule has 102 valence electrons. The van der Waals surface area contributed by atoms with Gasteiger partial charge in [0.25, 0.3) is 6.43 Å². The lowest BCUT2D eigenvalue weighted by atomic mass is 9.97. The molecule has 0 fully saturated rings. The van der Waals surface area contributed by atoms with E-state index >= 15 is 0 Å². The number of nitriles is 1. The fourth-order valence-electron chi connectivity index (χ4n) is 1.69. The van der Waals surface area contributed by atoms with Gasteiger partial charge in [-0.25, -0.2) is 8.78 Å². The van der Waals surface area contributed by atoms with Crippen LogP contribution in [-0.2, 0) is 21.8 Å². The van der Waals surface area contributed by atoms with E-state index in [1.165, 1.54) is 12.1 Å². The largest absolute Gasteiger partial charge is 0.466 e. The predicted molar refractivity (Wildman–Crippen MR) is 66.0 cm³/mol. The van der Waals surface area contributed by atoms with Crippen LogP contribution in [0, 0.1) is 11.3 Å². The Hall–Kier alpha value is -1.67. The molecule has 1 aromatic rings. The predicted octanol–water partition coefficient (Wildman–Crippen LogP) is 3.34. The summed E-state index contributed by atoms with van der Waals surface area (Å²) < 4.78 is 30.5. The van der Waals surface area contributed by atoms with Crippen molar-refractivity contribution >= 4 is 17.6 Å². The second-order valence-electron chi connectivity index (χ2n) is 3.75. The first kappa shape index (κ1) is 15.4. The van der Waals surface area contributed by atoms with E-state index in [-0.39, 0.29) is 30.0 Å². The van der Waals surface area contributed by atoms with E-state index in [2.05, 4.69) is 0 Å². The van der Waals surface area contributed by atoms with Crippen LogP contribution in [-0.4, -0.2) is 12.6 Å². The quantitative estimate of drug-likeness (QED) is 0.616. The van der Waals surface area contributed by atoms with E-state index in [0.717, 1.165) is 0 Å². The van der Waals surface area contributed by atoms with Crippen LogP contribution in [0.3, 0.4) is 0 Å². The molecule has 0 saturated heterocycles. The van der Waals surface area contributed by atoms with E-state index in [1.807, 2.05) is 0 Å². The van der Waals surface area contributed by atoms with Gasteiger partial charge in [0, 0.05) is 11.4 Å². The van der Waals surface area contributed by atoms with Gasteiger partial charge in [-0.2, -0.15) is 5.26 Å². The Morgan fingerprint density at radius 1 is 1.53 bits per heavy atom. The highest BCUT2D eigenvalue weighted by molar-refractivity contribution is 6.17. The number of benzene rings is 1. The SMILES string of the molecule is CCOC(=O)Cc1cc(CCl)cc(C(F)F)c1C#N. The van der Waals surface area contributed by atoms with Crippen molar-refractivity contribution in [2.75, 3.05) is 6.61 Å². The van der Waals surface area contributed by atoms with Crippen LogP contribution in [0.2, 0.25) is 0 Å². The summed E-state index contributed by atoms with van der Waals surface area (Å²) in [6.45, 7) is 1.83. The van der Waals surface area contributed by atoms with Crippen LogP contribution in [0.4, 0.5) is 8.78 Å². The molecule has 1 aromatic carbocycles. The number of hydrogen-bond donors (Lipinski definition) is 0. The Morgan fingerprint density at radius 2 is 2.21 bits per heavy atom. The van der Waals surface area contributed by atoms with Crippen molar-refractivity contribution in [3.05, 3.63) is 34.4 Å². The average Bonchev–Trinajstić information content (AvgIpc) is 2.37. The van der Waals surface area contributed by atoms with Crippen molar-refractivity contribution in [2.45, 2.75) is 25.7 Å². The van der Waals surface area contributed by atoms with E-state index in [0.29, 0.717) is 5.56 Å². The molecule has 0 bridgehead atoms. The smallest absolute Gasteiger partial charge is 0.310 e. The molecule has 1 rings (SSSR count). The minimum absolute atomic E-state index is 0.0290. The van der Waals surface area contributed by atoms with E-state index < -0.39 is 18.0 Å². The van der Waals surface area contributed by atoms with Crippen molar-refractivity contribution in [3.8, 4) is 6.07 Å². The molecule has 0 aromatic heterocycles. The van der Waals surface area contributed by atoms with Crippen molar-refractivity contribution in [3.63, 3.8) is 0 Å². The zero-order valence-electron chi connectivity index (χ0n) is 10.3. The van der Waals surface area contributed by atoms with Gasteiger partial charge in [-0.1, -0.05) is 6.07 Å². The first-order valence-corrected chi connectivity index (χ1v) is 6.12. The van der Waals surface area contributed by atoms with Gasteiger partial charge in [0.15, 0.2) is 0 Å². The fourth-order valence-corrected chi connectivity index (χ4v) is 1.84. The maximum Gasteiger partial charge on any atom is 0.310 e. The standard InChI is InChI=1S/C13H12ClF2NO2/c1-2-19-12(18)5-9-3-8(6-14)4-10(13(15)16)11(9)7-17/h3-4,13H,2,5-6H2,1H3. The number of rotatable bonds is 5. The third-order valence-electron chi connectivity index (χ3n) is 2.45. The number of ether oxygens (including phenoxy) is 1. The normalized spacial score (nSPS) is 10.3. The lowest BCUT2D eigenvalue weighted by molar-refractivity contribution is -0.142. The highest BCUT2D eigenvalue weighted by Crippen LogP contribution is 2.28. The zero-order chi connectivity index (χ0) is 14.4. The van der Waals surface area contributed by atoms with Crippen molar-refractivity contribution < 1.29 is 18.3 Å². The van der Waals surface area contributed by atoms with Crippen LogP contribution >= 0.6 is 11.6 Å². The lowest BCUT2D eigenvalue weighted by Crippen LogP contribution is -2.10. The maximum atomic E-state index is 12.9. The molecule has 0 atom stereocenters. The number of carbonyl (C=O) groups excluding carboxylic acids is 1. The number of hydrogen-bond acceptors (Lipinski definition) is 3. The third-order valence-corrected chi connectivity index (χ3v) is 2.76. The molecule has 0 spiro atoms. The minimum atomic E-state index is -2.79. The number of nitrogens with zero attached hydrogens (tertiary/aromatic N) is 1. The Kier molecular flexibility index (Phi) is 5.71. The van der Waals surface area contributed by atoms with Gasteiger partial charge < -0.3 is 4.74 Å². The van der Waals surface area contributed by atoms with Crippen LogP contribution in [0.1, 0.15) is 35.6 Å². The molecule has 0 aliphatic heterocycles. The molecular weight excluding hydrogens is 276 g/mol. The molecule has 0 aliphatic rings. The Labute approximate surface area is 114 Å². The summed E-state index contributed by atoms with van der Waals surface area (Å²) in [5.74, 6) is -0.535. The molecule has 0 heterocycles. The van der Waals surface area contributed by atoms with E-state index in [1.54, 1.807) is 13.0 Å². The fraction of sp³-hybridized carbons (Fsp3) is 0.385. The summed E-state index contributed by atoms with van der Waals surface area (Å²) in [6, 6.07) is 4.38. The van der Waals surface area contributed by atoms with Crippen LogP contribution in [0.5, 0.6) is 0 Å². The Morgan fingerprint density at radius 3 is 2.68 bits per heavy atom. The van der Waals surface area contributed by atoms with Crippen molar-refractivity contribution in [1.29, 1.82) is 5.26 Å². The summed E-state index contributed by atoms with van der Waals surface area (Å²) in [5, 5.41) is 8.99. The van der Waals surface area contributed by atoms with E-state index in [4.69, 9.17) is 21.6 Å². The van der Waals surface area contributed by atoms with Crippen molar-refractivity contribution in [2.24, 2.45) is 0 Å². The monoisotopic (exact) mass is 287 g/mol. The average molecular weight is 288 g/mol. The summed E-state index contributed by atoms with van der Waals surface area (Å²) >= 11 is 5.62. The number of carbonyl (C=O) groups is 1. The van der Waals surface area contributed by atoms with Gasteiger partial charge in [-0.15, -0.1) is 11.6 Å². The van der Waals surface area contributed by atoms with Gasteiger partial charge >= 0.3 is 5.97 Å². The molecule has 3 nitrogen and oxygen atoms in total. The number of esters is 1. The molecular formula is C13H12ClF2NO2. The van der Waals surface area contributed by atoms with E-state index in [9.17, 15) is 13.6 Å².